The topological polar surface area (TPSA) is 47.6 Å². The molecule has 1 saturated carbocycles. The Kier molecular flexibility index (Phi) is 5.00. The van der Waals surface area contributed by atoms with E-state index in [1.807, 2.05) is 64.1 Å². The van der Waals surface area contributed by atoms with Crippen molar-refractivity contribution in [2.75, 3.05) is 11.9 Å². The minimum absolute atomic E-state index is 0.0699. The first kappa shape index (κ1) is 17.7. The molecule has 0 unspecified atom stereocenters. The molecule has 3 rings (SSSR count). The summed E-state index contributed by atoms with van der Waals surface area (Å²) in [7, 11) is 0. The number of hydrogen-bond acceptors (Lipinski definition) is 3. The molecular formula is C21H27NO3. The molecule has 2 aromatic carbocycles. The van der Waals surface area contributed by atoms with Gasteiger partial charge in [0.1, 0.15) is 11.4 Å². The van der Waals surface area contributed by atoms with Crippen LogP contribution in [-0.2, 0) is 9.53 Å². The molecule has 2 aromatic rings. The Morgan fingerprint density at radius 2 is 1.88 bits per heavy atom. The Bertz CT molecular complexity index is 767. The molecule has 0 heterocycles. The third-order valence-corrected chi connectivity index (χ3v) is 4.75. The second-order valence-corrected chi connectivity index (χ2v) is 7.09. The lowest BCUT2D eigenvalue weighted by Gasteiger charge is -2.28. The zero-order valence-electron chi connectivity index (χ0n) is 15.5. The number of carbonyl (C=O) groups excluding carboxylic acids is 1. The molecule has 1 atom stereocenters. The normalized spacial score (nSPS) is 16.7. The van der Waals surface area contributed by atoms with Gasteiger partial charge in [0, 0.05) is 23.1 Å². The van der Waals surface area contributed by atoms with Crippen molar-refractivity contribution in [2.45, 2.75) is 52.2 Å². The fourth-order valence-electron chi connectivity index (χ4n) is 3.29. The maximum absolute atomic E-state index is 12.9. The molecule has 25 heavy (non-hydrogen) atoms. The molecule has 4 heteroatoms. The first-order valence-corrected chi connectivity index (χ1v) is 9.09. The van der Waals surface area contributed by atoms with Gasteiger partial charge < -0.3 is 14.8 Å². The zero-order valence-corrected chi connectivity index (χ0v) is 15.5. The number of ether oxygens (including phenoxy) is 2. The van der Waals surface area contributed by atoms with Gasteiger partial charge in [0.2, 0.25) is 0 Å². The van der Waals surface area contributed by atoms with E-state index in [1.165, 1.54) is 0 Å². The van der Waals surface area contributed by atoms with E-state index in [9.17, 15) is 4.79 Å². The number of anilines is 1. The highest BCUT2D eigenvalue weighted by molar-refractivity contribution is 6.06. The number of rotatable bonds is 7. The standard InChI is InChI=1S/C21H27NO3/c1-5-24-21(4,15-10-11-15)20(23)22-18-12-13-19(25-14(2)3)17-9-7-6-8-16(17)18/h6-9,12-15H,5,10-11H2,1-4H3,(H,22,23)/t21-/m0/s1. The zero-order chi connectivity index (χ0) is 18.0. The van der Waals surface area contributed by atoms with Crippen LogP contribution in [0.3, 0.4) is 0 Å². The minimum Gasteiger partial charge on any atom is -0.490 e. The number of amides is 1. The predicted molar refractivity (Wildman–Crippen MR) is 101 cm³/mol. The summed E-state index contributed by atoms with van der Waals surface area (Å²) in [5, 5.41) is 5.07. The van der Waals surface area contributed by atoms with Crippen LogP contribution in [0, 0.1) is 5.92 Å². The molecule has 0 aromatic heterocycles. The molecule has 0 spiro atoms. The summed E-state index contributed by atoms with van der Waals surface area (Å²) in [6.07, 6.45) is 2.19. The van der Waals surface area contributed by atoms with Crippen LogP contribution in [0.1, 0.15) is 40.5 Å². The lowest BCUT2D eigenvalue weighted by atomic mass is 9.98. The quantitative estimate of drug-likeness (QED) is 0.789. The van der Waals surface area contributed by atoms with Gasteiger partial charge in [-0.1, -0.05) is 24.3 Å². The summed E-state index contributed by atoms with van der Waals surface area (Å²) in [6, 6.07) is 11.8. The molecule has 0 aliphatic heterocycles. The van der Waals surface area contributed by atoms with E-state index in [0.717, 1.165) is 35.1 Å². The van der Waals surface area contributed by atoms with Gasteiger partial charge >= 0.3 is 0 Å². The largest absolute Gasteiger partial charge is 0.490 e. The van der Waals surface area contributed by atoms with E-state index in [-0.39, 0.29) is 12.0 Å². The van der Waals surface area contributed by atoms with Crippen molar-refractivity contribution in [3.05, 3.63) is 36.4 Å². The Hall–Kier alpha value is -2.07. The Balaban J connectivity index is 1.92. The fraction of sp³-hybridized carbons (Fsp3) is 0.476. The van der Waals surface area contributed by atoms with Crippen LogP contribution in [0.25, 0.3) is 10.8 Å². The summed E-state index contributed by atoms with van der Waals surface area (Å²) in [4.78, 5) is 12.9. The molecule has 0 bridgehead atoms. The molecule has 4 nitrogen and oxygen atoms in total. The second-order valence-electron chi connectivity index (χ2n) is 7.09. The van der Waals surface area contributed by atoms with Crippen LogP contribution in [0.4, 0.5) is 5.69 Å². The summed E-state index contributed by atoms with van der Waals surface area (Å²) in [5.41, 5.74) is 0.0338. The minimum atomic E-state index is -0.761. The van der Waals surface area contributed by atoms with Gasteiger partial charge in [-0.15, -0.1) is 0 Å². The number of hydrogen-bond donors (Lipinski definition) is 1. The second kappa shape index (κ2) is 7.04. The first-order chi connectivity index (χ1) is 12.0. The van der Waals surface area contributed by atoms with Gasteiger partial charge in [-0.2, -0.15) is 0 Å². The third-order valence-electron chi connectivity index (χ3n) is 4.75. The number of fused-ring (bicyclic) bond motifs is 1. The number of benzene rings is 2. The number of nitrogens with one attached hydrogen (secondary N) is 1. The molecule has 134 valence electrons. The maximum Gasteiger partial charge on any atom is 0.256 e. The van der Waals surface area contributed by atoms with Crippen LogP contribution in [0.15, 0.2) is 36.4 Å². The van der Waals surface area contributed by atoms with Crippen molar-refractivity contribution in [3.8, 4) is 5.75 Å². The lowest BCUT2D eigenvalue weighted by molar-refractivity contribution is -0.141. The van der Waals surface area contributed by atoms with Crippen LogP contribution < -0.4 is 10.1 Å². The molecule has 1 fully saturated rings. The van der Waals surface area contributed by atoms with E-state index in [0.29, 0.717) is 12.5 Å². The van der Waals surface area contributed by atoms with Crippen LogP contribution in [-0.4, -0.2) is 24.2 Å². The highest BCUT2D eigenvalue weighted by Gasteiger charge is 2.48. The highest BCUT2D eigenvalue weighted by Crippen LogP contribution is 2.43. The van der Waals surface area contributed by atoms with Crippen molar-refractivity contribution < 1.29 is 14.3 Å². The Morgan fingerprint density at radius 3 is 2.48 bits per heavy atom. The predicted octanol–water partition coefficient (Wildman–Crippen LogP) is 4.77. The molecular weight excluding hydrogens is 314 g/mol. The summed E-state index contributed by atoms with van der Waals surface area (Å²) in [5.74, 6) is 1.07. The first-order valence-electron chi connectivity index (χ1n) is 9.09. The Labute approximate surface area is 149 Å². The van der Waals surface area contributed by atoms with Gasteiger partial charge in [-0.05, 0) is 58.6 Å². The van der Waals surface area contributed by atoms with E-state index in [4.69, 9.17) is 9.47 Å². The van der Waals surface area contributed by atoms with E-state index >= 15 is 0 Å². The highest BCUT2D eigenvalue weighted by atomic mass is 16.5. The van der Waals surface area contributed by atoms with Crippen molar-refractivity contribution in [2.24, 2.45) is 5.92 Å². The van der Waals surface area contributed by atoms with E-state index < -0.39 is 5.60 Å². The van der Waals surface area contributed by atoms with Crippen LogP contribution in [0.5, 0.6) is 5.75 Å². The monoisotopic (exact) mass is 341 g/mol. The molecule has 1 N–H and O–H groups in total. The maximum atomic E-state index is 12.9. The van der Waals surface area contributed by atoms with Crippen molar-refractivity contribution >= 4 is 22.4 Å². The molecule has 0 saturated heterocycles. The SMILES string of the molecule is CCO[C@](C)(C(=O)Nc1ccc(OC(C)C)c2ccccc12)C1CC1. The summed E-state index contributed by atoms with van der Waals surface area (Å²) in [6.45, 7) is 8.38. The lowest BCUT2D eigenvalue weighted by Crippen LogP contribution is -2.44. The average molecular weight is 341 g/mol. The fourth-order valence-corrected chi connectivity index (χ4v) is 3.29. The smallest absolute Gasteiger partial charge is 0.256 e. The van der Waals surface area contributed by atoms with Gasteiger partial charge in [0.25, 0.3) is 5.91 Å². The molecule has 0 radical (unpaired) electrons. The van der Waals surface area contributed by atoms with E-state index in [1.54, 1.807) is 0 Å². The van der Waals surface area contributed by atoms with Crippen LogP contribution in [0.2, 0.25) is 0 Å². The van der Waals surface area contributed by atoms with Crippen molar-refractivity contribution in [3.63, 3.8) is 0 Å². The Morgan fingerprint density at radius 1 is 1.20 bits per heavy atom. The summed E-state index contributed by atoms with van der Waals surface area (Å²) < 4.78 is 11.7. The van der Waals surface area contributed by atoms with Crippen molar-refractivity contribution in [1.82, 2.24) is 0 Å². The average Bonchev–Trinajstić information content (AvgIpc) is 3.42. The third kappa shape index (κ3) is 3.64. The van der Waals surface area contributed by atoms with Crippen LogP contribution >= 0.6 is 0 Å². The van der Waals surface area contributed by atoms with Gasteiger partial charge in [0.15, 0.2) is 0 Å². The molecule has 1 aliphatic rings. The number of carbonyl (C=O) groups is 1. The van der Waals surface area contributed by atoms with Crippen molar-refractivity contribution in [1.29, 1.82) is 0 Å². The van der Waals surface area contributed by atoms with Gasteiger partial charge in [-0.25, -0.2) is 0 Å². The van der Waals surface area contributed by atoms with Gasteiger partial charge in [0.05, 0.1) is 6.10 Å². The summed E-state index contributed by atoms with van der Waals surface area (Å²) >= 11 is 0. The van der Waals surface area contributed by atoms with E-state index in [2.05, 4.69) is 5.32 Å². The molecule has 1 amide bonds. The van der Waals surface area contributed by atoms with Gasteiger partial charge in [-0.3, -0.25) is 4.79 Å². The molecule has 1 aliphatic carbocycles.